The summed E-state index contributed by atoms with van der Waals surface area (Å²) in [5, 5.41) is 22.7. The maximum atomic E-state index is 13.0. The number of benzene rings is 1. The summed E-state index contributed by atoms with van der Waals surface area (Å²) in [7, 11) is -3.70. The number of amides is 2. The van der Waals surface area contributed by atoms with Gasteiger partial charge >= 0.3 is 11.9 Å². The molecule has 0 spiro atoms. The molecule has 1 aromatic rings. The summed E-state index contributed by atoms with van der Waals surface area (Å²) < 4.78 is 27.0. The van der Waals surface area contributed by atoms with E-state index in [0.29, 0.717) is 24.9 Å². The Bertz CT molecular complexity index is 1040. The number of nitrogens with one attached hydrogen (secondary N) is 2. The van der Waals surface area contributed by atoms with Gasteiger partial charge in [0.1, 0.15) is 12.1 Å². The van der Waals surface area contributed by atoms with Crippen LogP contribution in [-0.2, 0) is 29.2 Å². The summed E-state index contributed by atoms with van der Waals surface area (Å²) in [5.74, 6) is -4.57. The van der Waals surface area contributed by atoms with Gasteiger partial charge in [-0.3, -0.25) is 14.4 Å². The molecule has 11 nitrogen and oxygen atoms in total. The number of carboxylic acid groups (broad SMARTS) is 2. The molecule has 0 aromatic heterocycles. The highest BCUT2D eigenvalue weighted by Gasteiger charge is 2.50. The van der Waals surface area contributed by atoms with E-state index < -0.39 is 64.2 Å². The van der Waals surface area contributed by atoms with Crippen LogP contribution in [0.15, 0.2) is 29.2 Å². The largest absolute Gasteiger partial charge is 0.481 e. The number of sulfonamides is 1. The summed E-state index contributed by atoms with van der Waals surface area (Å²) in [5.41, 5.74) is 0.545. The average molecular weight is 468 g/mol. The van der Waals surface area contributed by atoms with Crippen molar-refractivity contribution in [1.29, 1.82) is 0 Å². The molecule has 32 heavy (non-hydrogen) atoms. The molecule has 3 rings (SSSR count). The van der Waals surface area contributed by atoms with Gasteiger partial charge in [-0.2, -0.15) is 4.31 Å². The summed E-state index contributed by atoms with van der Waals surface area (Å²) in [6.45, 7) is 1.68. The summed E-state index contributed by atoms with van der Waals surface area (Å²) in [4.78, 5) is 47.6. The maximum absolute atomic E-state index is 13.0. The van der Waals surface area contributed by atoms with Gasteiger partial charge in [0.2, 0.25) is 21.8 Å². The van der Waals surface area contributed by atoms with Gasteiger partial charge in [0.05, 0.1) is 16.9 Å². The second-order valence-electron chi connectivity index (χ2n) is 7.91. The molecule has 12 heteroatoms. The van der Waals surface area contributed by atoms with Crippen molar-refractivity contribution in [2.24, 2.45) is 5.92 Å². The zero-order valence-electron chi connectivity index (χ0n) is 17.4. The predicted molar refractivity (Wildman–Crippen MR) is 110 cm³/mol. The Labute approximate surface area is 184 Å². The van der Waals surface area contributed by atoms with Crippen molar-refractivity contribution in [2.75, 3.05) is 6.54 Å². The number of fused-ring (bicyclic) bond motifs is 3. The van der Waals surface area contributed by atoms with Crippen LogP contribution in [0, 0.1) is 5.92 Å². The highest BCUT2D eigenvalue weighted by atomic mass is 32.2. The van der Waals surface area contributed by atoms with Gasteiger partial charge in [0.15, 0.2) is 0 Å². The first kappa shape index (κ1) is 23.7. The zero-order valence-corrected chi connectivity index (χ0v) is 18.2. The first-order valence-corrected chi connectivity index (χ1v) is 11.6. The van der Waals surface area contributed by atoms with Crippen molar-refractivity contribution in [1.82, 2.24) is 14.9 Å². The number of hydrogen-bond acceptors (Lipinski definition) is 6. The predicted octanol–water partition coefficient (Wildman–Crippen LogP) is 0.0809. The van der Waals surface area contributed by atoms with Crippen molar-refractivity contribution in [3.63, 3.8) is 0 Å². The van der Waals surface area contributed by atoms with E-state index in [1.165, 1.54) is 17.3 Å². The van der Waals surface area contributed by atoms with Crippen LogP contribution in [-0.4, -0.2) is 65.3 Å². The molecule has 0 saturated carbocycles. The van der Waals surface area contributed by atoms with Crippen LogP contribution < -0.4 is 10.6 Å². The third-order valence-corrected chi connectivity index (χ3v) is 7.71. The van der Waals surface area contributed by atoms with Gasteiger partial charge in [0, 0.05) is 13.0 Å². The van der Waals surface area contributed by atoms with Crippen LogP contribution in [0.5, 0.6) is 0 Å². The molecule has 1 aromatic carbocycles. The van der Waals surface area contributed by atoms with E-state index in [0.717, 1.165) is 0 Å². The molecule has 4 N–H and O–H groups in total. The van der Waals surface area contributed by atoms with Gasteiger partial charge in [-0.1, -0.05) is 18.2 Å². The molecule has 0 aliphatic carbocycles. The number of rotatable bonds is 8. The average Bonchev–Trinajstić information content (AvgIpc) is 2.98. The third-order valence-electron chi connectivity index (χ3n) is 5.76. The Hall–Kier alpha value is -2.99. The van der Waals surface area contributed by atoms with E-state index in [1.54, 1.807) is 18.2 Å². The van der Waals surface area contributed by atoms with Crippen molar-refractivity contribution in [2.45, 2.75) is 55.6 Å². The highest BCUT2D eigenvalue weighted by molar-refractivity contribution is 7.89. The Morgan fingerprint density at radius 3 is 2.50 bits per heavy atom. The molecule has 0 radical (unpaired) electrons. The Kier molecular flexibility index (Phi) is 6.84. The molecular formula is C20H25N3O8S. The first-order valence-electron chi connectivity index (χ1n) is 10.2. The van der Waals surface area contributed by atoms with E-state index in [2.05, 4.69) is 10.6 Å². The minimum absolute atomic E-state index is 0.179. The normalized spacial score (nSPS) is 23.3. The Morgan fingerprint density at radius 2 is 1.84 bits per heavy atom. The lowest BCUT2D eigenvalue weighted by atomic mass is 9.85. The summed E-state index contributed by atoms with van der Waals surface area (Å²) >= 11 is 0. The smallest absolute Gasteiger partial charge is 0.326 e. The lowest BCUT2D eigenvalue weighted by Gasteiger charge is -2.35. The maximum Gasteiger partial charge on any atom is 0.326 e. The molecule has 0 bridgehead atoms. The molecule has 2 heterocycles. The molecule has 1 saturated heterocycles. The van der Waals surface area contributed by atoms with Crippen LogP contribution in [0.4, 0.5) is 0 Å². The molecule has 1 fully saturated rings. The van der Waals surface area contributed by atoms with E-state index >= 15 is 0 Å². The molecule has 2 aliphatic rings. The van der Waals surface area contributed by atoms with Crippen LogP contribution in [0.3, 0.4) is 0 Å². The second-order valence-corrected chi connectivity index (χ2v) is 9.77. The number of hydrogen-bond donors (Lipinski definition) is 4. The summed E-state index contributed by atoms with van der Waals surface area (Å²) in [6, 6.07) is 3.35. The number of carbonyl (C=O) groups excluding carboxylic acids is 2. The standard InChI is InChI=1S/C20H25N3O8S/c1-11(18(26)22-14(20(28)29)8-9-16(24)25)21-19(27)13-6-4-10-23-17(13)12-5-2-3-7-15(12)32(23,30)31/h2-3,5,7,11,13-14,17H,4,6,8-10H2,1H3,(H,21,27)(H,22,26)(H,24,25)(H,28,29)/t11-,13?,14+,17?/m0/s1. The van der Waals surface area contributed by atoms with Gasteiger partial charge in [-0.25, -0.2) is 13.2 Å². The lowest BCUT2D eigenvalue weighted by molar-refractivity contribution is -0.143. The van der Waals surface area contributed by atoms with Crippen molar-refractivity contribution >= 4 is 33.8 Å². The molecule has 2 unspecified atom stereocenters. The molecule has 2 amide bonds. The van der Waals surface area contributed by atoms with Gasteiger partial charge in [-0.05, 0) is 37.8 Å². The third kappa shape index (κ3) is 4.60. The minimum Gasteiger partial charge on any atom is -0.481 e. The molecular weight excluding hydrogens is 442 g/mol. The second kappa shape index (κ2) is 9.25. The molecule has 2 aliphatic heterocycles. The number of piperidine rings is 1. The van der Waals surface area contributed by atoms with Crippen molar-refractivity contribution in [3.8, 4) is 0 Å². The zero-order chi connectivity index (χ0) is 23.6. The SMILES string of the molecule is C[C@H](NC(=O)C1CCCN2C1c1ccccc1S2(=O)=O)C(=O)N[C@H](CCC(=O)O)C(=O)O. The van der Waals surface area contributed by atoms with E-state index in [1.807, 2.05) is 0 Å². The Morgan fingerprint density at radius 1 is 1.16 bits per heavy atom. The van der Waals surface area contributed by atoms with Crippen molar-refractivity contribution < 1.29 is 37.8 Å². The number of aliphatic carboxylic acids is 2. The number of carboxylic acids is 2. The Balaban J connectivity index is 1.70. The topological polar surface area (TPSA) is 170 Å². The van der Waals surface area contributed by atoms with Gasteiger partial charge in [0.25, 0.3) is 0 Å². The fraction of sp³-hybridized carbons (Fsp3) is 0.500. The first-order chi connectivity index (χ1) is 15.0. The molecule has 174 valence electrons. The quantitative estimate of drug-likeness (QED) is 0.416. The fourth-order valence-corrected chi connectivity index (χ4v) is 6.09. The van der Waals surface area contributed by atoms with Crippen molar-refractivity contribution in [3.05, 3.63) is 29.8 Å². The van der Waals surface area contributed by atoms with Crippen LogP contribution in [0.1, 0.15) is 44.2 Å². The summed E-state index contributed by atoms with van der Waals surface area (Å²) in [6.07, 6.45) is 0.178. The highest BCUT2D eigenvalue weighted by Crippen LogP contribution is 2.47. The number of nitrogens with zero attached hydrogens (tertiary/aromatic N) is 1. The number of carbonyl (C=O) groups is 4. The van der Waals surface area contributed by atoms with Crippen LogP contribution in [0.2, 0.25) is 0 Å². The van der Waals surface area contributed by atoms with E-state index in [9.17, 15) is 32.7 Å². The fourth-order valence-electron chi connectivity index (χ4n) is 4.17. The van der Waals surface area contributed by atoms with Gasteiger partial charge in [-0.15, -0.1) is 0 Å². The minimum atomic E-state index is -3.70. The van der Waals surface area contributed by atoms with Gasteiger partial charge < -0.3 is 20.8 Å². The van der Waals surface area contributed by atoms with E-state index in [-0.39, 0.29) is 11.3 Å². The van der Waals surface area contributed by atoms with Crippen LogP contribution >= 0.6 is 0 Å². The van der Waals surface area contributed by atoms with Crippen LogP contribution in [0.25, 0.3) is 0 Å². The monoisotopic (exact) mass is 467 g/mol. The molecule has 4 atom stereocenters. The van der Waals surface area contributed by atoms with E-state index in [4.69, 9.17) is 5.11 Å². The lowest BCUT2D eigenvalue weighted by Crippen LogP contribution is -2.53.